The molecule has 0 aliphatic carbocycles. The summed E-state index contributed by atoms with van der Waals surface area (Å²) < 4.78 is 5.60. The van der Waals surface area contributed by atoms with Crippen LogP contribution in [0.4, 0.5) is 0 Å². The van der Waals surface area contributed by atoms with E-state index < -0.39 is 0 Å². The van der Waals surface area contributed by atoms with Crippen LogP contribution in [0.5, 0.6) is 0 Å². The van der Waals surface area contributed by atoms with Crippen LogP contribution < -0.4 is 0 Å². The Morgan fingerprint density at radius 3 is 2.48 bits per heavy atom. The zero-order valence-electron chi connectivity index (χ0n) is 15.9. The molecule has 0 saturated carbocycles. The maximum atomic E-state index is 5.60. The van der Waals surface area contributed by atoms with E-state index >= 15 is 0 Å². The highest BCUT2D eigenvalue weighted by molar-refractivity contribution is 5.14. The van der Waals surface area contributed by atoms with Crippen molar-refractivity contribution in [3.05, 3.63) is 47.7 Å². The van der Waals surface area contributed by atoms with Crippen molar-refractivity contribution in [2.45, 2.75) is 46.2 Å². The summed E-state index contributed by atoms with van der Waals surface area (Å²) in [5.74, 6) is 1.35. The predicted molar refractivity (Wildman–Crippen MR) is 99.1 cm³/mol. The van der Waals surface area contributed by atoms with Gasteiger partial charge in [0.15, 0.2) is 0 Å². The number of benzene rings is 1. The summed E-state index contributed by atoms with van der Waals surface area (Å²) in [6.45, 7) is 10.8. The molecule has 0 bridgehead atoms. The first kappa shape index (κ1) is 18.1. The van der Waals surface area contributed by atoms with Crippen molar-refractivity contribution in [3.63, 3.8) is 0 Å². The van der Waals surface area contributed by atoms with E-state index in [2.05, 4.69) is 71.2 Å². The summed E-state index contributed by atoms with van der Waals surface area (Å²) in [7, 11) is 2.16. The number of rotatable bonds is 6. The largest absolute Gasteiger partial charge is 0.424 e. The predicted octanol–water partition coefficient (Wildman–Crippen LogP) is 3.67. The minimum atomic E-state index is 0.153. The average Bonchev–Trinajstić information content (AvgIpc) is 3.04. The molecule has 2 aromatic rings. The molecule has 0 unspecified atom stereocenters. The van der Waals surface area contributed by atoms with Crippen LogP contribution in [-0.2, 0) is 6.54 Å². The quantitative estimate of drug-likeness (QED) is 0.801. The Bertz CT molecular complexity index is 661. The molecule has 1 saturated heterocycles. The standard InChI is InChI=1S/C20H30N4O/c1-16(19-22-21-17(2)25-19)23(4)15-20(3)10-12-24(13-11-20)14-18-8-6-5-7-9-18/h5-9,16H,10-15H2,1-4H3/t16-/m1/s1. The molecule has 136 valence electrons. The van der Waals surface area contributed by atoms with Crippen LogP contribution in [-0.4, -0.2) is 46.7 Å². The molecule has 1 aliphatic rings. The lowest BCUT2D eigenvalue weighted by molar-refractivity contribution is 0.0637. The topological polar surface area (TPSA) is 45.4 Å². The van der Waals surface area contributed by atoms with Crippen molar-refractivity contribution in [2.75, 3.05) is 26.7 Å². The molecular weight excluding hydrogens is 312 g/mol. The summed E-state index contributed by atoms with van der Waals surface area (Å²) in [4.78, 5) is 4.92. The van der Waals surface area contributed by atoms with Gasteiger partial charge in [0.05, 0.1) is 6.04 Å². The fourth-order valence-corrected chi connectivity index (χ4v) is 3.66. The van der Waals surface area contributed by atoms with Gasteiger partial charge in [-0.05, 0) is 50.9 Å². The highest BCUT2D eigenvalue weighted by Crippen LogP contribution is 2.34. The van der Waals surface area contributed by atoms with Gasteiger partial charge in [0.25, 0.3) is 0 Å². The van der Waals surface area contributed by atoms with Crippen LogP contribution in [0.3, 0.4) is 0 Å². The van der Waals surface area contributed by atoms with Crippen LogP contribution in [0.15, 0.2) is 34.7 Å². The Morgan fingerprint density at radius 1 is 1.20 bits per heavy atom. The minimum Gasteiger partial charge on any atom is -0.424 e. The molecule has 0 amide bonds. The molecule has 5 nitrogen and oxygen atoms in total. The molecule has 2 heterocycles. The summed E-state index contributed by atoms with van der Waals surface area (Å²) in [5, 5.41) is 8.13. The van der Waals surface area contributed by atoms with Gasteiger partial charge in [-0.25, -0.2) is 0 Å². The molecule has 0 N–H and O–H groups in total. The molecule has 25 heavy (non-hydrogen) atoms. The number of piperidine rings is 1. The Hall–Kier alpha value is -1.72. The zero-order valence-corrected chi connectivity index (χ0v) is 15.9. The maximum absolute atomic E-state index is 5.60. The van der Waals surface area contributed by atoms with Crippen molar-refractivity contribution in [1.82, 2.24) is 20.0 Å². The number of likely N-dealkylation sites (tertiary alicyclic amines) is 1. The second kappa shape index (κ2) is 7.67. The first-order chi connectivity index (χ1) is 12.0. The van der Waals surface area contributed by atoms with E-state index in [-0.39, 0.29) is 6.04 Å². The fraction of sp³-hybridized carbons (Fsp3) is 0.600. The third-order valence-electron chi connectivity index (χ3n) is 5.50. The Labute approximate surface area is 151 Å². The van der Waals surface area contributed by atoms with E-state index in [1.54, 1.807) is 0 Å². The van der Waals surface area contributed by atoms with Gasteiger partial charge in [0.1, 0.15) is 0 Å². The lowest BCUT2D eigenvalue weighted by Gasteiger charge is -2.42. The van der Waals surface area contributed by atoms with Gasteiger partial charge in [-0.1, -0.05) is 37.3 Å². The normalized spacial score (nSPS) is 19.2. The highest BCUT2D eigenvalue weighted by Gasteiger charge is 2.33. The molecule has 0 radical (unpaired) electrons. The van der Waals surface area contributed by atoms with E-state index in [0.717, 1.165) is 26.2 Å². The number of aryl methyl sites for hydroxylation is 1. The van der Waals surface area contributed by atoms with Gasteiger partial charge >= 0.3 is 0 Å². The summed E-state index contributed by atoms with van der Waals surface area (Å²) >= 11 is 0. The Morgan fingerprint density at radius 2 is 1.88 bits per heavy atom. The smallest absolute Gasteiger partial charge is 0.233 e. The van der Waals surface area contributed by atoms with Crippen molar-refractivity contribution in [2.24, 2.45) is 5.41 Å². The van der Waals surface area contributed by atoms with Gasteiger partial charge in [0, 0.05) is 20.0 Å². The zero-order chi connectivity index (χ0) is 17.9. The Kier molecular flexibility index (Phi) is 5.54. The molecule has 5 heteroatoms. The lowest BCUT2D eigenvalue weighted by atomic mass is 9.79. The van der Waals surface area contributed by atoms with Crippen molar-refractivity contribution < 1.29 is 4.42 Å². The summed E-state index contributed by atoms with van der Waals surface area (Å²) in [5.41, 5.74) is 1.74. The molecule has 1 aliphatic heterocycles. The van der Waals surface area contributed by atoms with Gasteiger partial charge in [-0.15, -0.1) is 10.2 Å². The molecule has 0 spiro atoms. The molecule has 3 rings (SSSR count). The first-order valence-corrected chi connectivity index (χ1v) is 9.22. The van der Waals surface area contributed by atoms with Crippen molar-refractivity contribution in [1.29, 1.82) is 0 Å². The monoisotopic (exact) mass is 342 g/mol. The van der Waals surface area contributed by atoms with E-state index in [0.29, 0.717) is 17.2 Å². The van der Waals surface area contributed by atoms with Gasteiger partial charge < -0.3 is 4.42 Å². The third kappa shape index (κ3) is 4.67. The lowest BCUT2D eigenvalue weighted by Crippen LogP contribution is -2.44. The van der Waals surface area contributed by atoms with Crippen LogP contribution in [0.25, 0.3) is 0 Å². The second-order valence-corrected chi connectivity index (χ2v) is 7.82. The third-order valence-corrected chi connectivity index (χ3v) is 5.50. The fourth-order valence-electron chi connectivity index (χ4n) is 3.66. The van der Waals surface area contributed by atoms with Crippen LogP contribution >= 0.6 is 0 Å². The SMILES string of the molecule is Cc1nnc([C@@H](C)N(C)CC2(C)CCN(Cc3ccccc3)CC2)o1. The summed E-state index contributed by atoms with van der Waals surface area (Å²) in [6.07, 6.45) is 2.44. The van der Waals surface area contributed by atoms with Crippen LogP contribution in [0.2, 0.25) is 0 Å². The number of nitrogens with zero attached hydrogens (tertiary/aromatic N) is 4. The minimum absolute atomic E-state index is 0.153. The van der Waals surface area contributed by atoms with Crippen molar-refractivity contribution >= 4 is 0 Å². The van der Waals surface area contributed by atoms with Gasteiger partial charge in [-0.3, -0.25) is 9.80 Å². The Balaban J connectivity index is 1.51. The number of aromatic nitrogens is 2. The van der Waals surface area contributed by atoms with E-state index in [1.807, 2.05) is 6.92 Å². The van der Waals surface area contributed by atoms with Crippen LogP contribution in [0.1, 0.15) is 50.1 Å². The van der Waals surface area contributed by atoms with E-state index in [4.69, 9.17) is 4.42 Å². The molecule has 1 aromatic heterocycles. The maximum Gasteiger partial charge on any atom is 0.233 e. The van der Waals surface area contributed by atoms with E-state index in [9.17, 15) is 0 Å². The highest BCUT2D eigenvalue weighted by atomic mass is 16.4. The van der Waals surface area contributed by atoms with Crippen molar-refractivity contribution in [3.8, 4) is 0 Å². The summed E-state index contributed by atoms with van der Waals surface area (Å²) in [6, 6.07) is 10.9. The number of hydrogen-bond acceptors (Lipinski definition) is 5. The average molecular weight is 342 g/mol. The second-order valence-electron chi connectivity index (χ2n) is 7.82. The number of hydrogen-bond donors (Lipinski definition) is 0. The van der Waals surface area contributed by atoms with Gasteiger partial charge in [0.2, 0.25) is 11.8 Å². The molecule has 1 atom stereocenters. The molecule has 1 fully saturated rings. The molecular formula is C20H30N4O. The molecule has 1 aromatic carbocycles. The van der Waals surface area contributed by atoms with Crippen LogP contribution in [0, 0.1) is 12.3 Å². The first-order valence-electron chi connectivity index (χ1n) is 9.22. The van der Waals surface area contributed by atoms with Gasteiger partial charge in [-0.2, -0.15) is 0 Å². The van der Waals surface area contributed by atoms with E-state index in [1.165, 1.54) is 18.4 Å².